The maximum Gasteiger partial charge on any atom is 0.251 e. The molecule has 3 aromatic carbocycles. The van der Waals surface area contributed by atoms with E-state index in [1.165, 1.54) is 5.56 Å². The highest BCUT2D eigenvalue weighted by atomic mass is 16.7. The molecule has 0 aromatic heterocycles. The molecule has 0 aliphatic carbocycles. The molecule has 0 unspecified atom stereocenters. The zero-order chi connectivity index (χ0) is 30.0. The van der Waals surface area contributed by atoms with Crippen molar-refractivity contribution in [3.8, 4) is 11.5 Å². The van der Waals surface area contributed by atoms with Crippen molar-refractivity contribution in [2.45, 2.75) is 59.2 Å². The standard InChI is InChI=1S/C34H44N2O6/c1-24(2)20-36-33(38)28-7-5-6-26(18-28)22-39-16-17-40-30-11-8-25(9-12-30)14-15-35-21-31(37)27-10-13-32-29(19-27)23-41-34(3,4)42-32/h5-13,18-19,24,31,35,37H,14-17,20-23H2,1-4H3,(H,36,38)/t31-/m1/s1. The first kappa shape index (κ1) is 31.5. The van der Waals surface area contributed by atoms with Crippen LogP contribution in [0.15, 0.2) is 66.7 Å². The molecule has 3 N–H and O–H groups in total. The van der Waals surface area contributed by atoms with E-state index in [4.69, 9.17) is 18.9 Å². The van der Waals surface area contributed by atoms with Gasteiger partial charge in [0.25, 0.3) is 5.91 Å². The first-order chi connectivity index (χ1) is 20.2. The highest BCUT2D eigenvalue weighted by Crippen LogP contribution is 2.32. The number of hydrogen-bond acceptors (Lipinski definition) is 7. The number of aliphatic hydroxyl groups is 1. The molecule has 1 aliphatic heterocycles. The lowest BCUT2D eigenvalue weighted by Gasteiger charge is -2.33. The molecule has 8 nitrogen and oxygen atoms in total. The van der Waals surface area contributed by atoms with E-state index < -0.39 is 11.9 Å². The van der Waals surface area contributed by atoms with Gasteiger partial charge in [-0.2, -0.15) is 0 Å². The van der Waals surface area contributed by atoms with Gasteiger partial charge in [-0.15, -0.1) is 0 Å². The predicted molar refractivity (Wildman–Crippen MR) is 163 cm³/mol. The number of amides is 1. The number of ether oxygens (including phenoxy) is 4. The monoisotopic (exact) mass is 576 g/mol. The van der Waals surface area contributed by atoms with Crippen molar-refractivity contribution < 1.29 is 28.8 Å². The van der Waals surface area contributed by atoms with Crippen molar-refractivity contribution in [2.75, 3.05) is 32.8 Å². The quantitative estimate of drug-likeness (QED) is 0.215. The molecule has 0 saturated carbocycles. The van der Waals surface area contributed by atoms with Crippen molar-refractivity contribution in [2.24, 2.45) is 5.92 Å². The third kappa shape index (κ3) is 9.84. The molecule has 1 atom stereocenters. The van der Waals surface area contributed by atoms with Crippen LogP contribution in [0.25, 0.3) is 0 Å². The van der Waals surface area contributed by atoms with Crippen LogP contribution in [0, 0.1) is 5.92 Å². The van der Waals surface area contributed by atoms with Crippen molar-refractivity contribution in [3.05, 3.63) is 94.5 Å². The first-order valence-electron chi connectivity index (χ1n) is 14.7. The number of aliphatic hydroxyl groups excluding tert-OH is 1. The van der Waals surface area contributed by atoms with Gasteiger partial charge in [0.15, 0.2) is 0 Å². The molecule has 1 amide bonds. The van der Waals surface area contributed by atoms with Gasteiger partial charge in [0.05, 0.1) is 25.9 Å². The van der Waals surface area contributed by atoms with Gasteiger partial charge in [0.2, 0.25) is 5.79 Å². The second kappa shape index (κ2) is 15.2. The van der Waals surface area contributed by atoms with E-state index in [2.05, 4.69) is 36.6 Å². The minimum atomic E-state index is -0.629. The average molecular weight is 577 g/mol. The number of nitrogens with one attached hydrogen (secondary N) is 2. The van der Waals surface area contributed by atoms with Crippen LogP contribution < -0.4 is 20.1 Å². The Morgan fingerprint density at radius 2 is 1.81 bits per heavy atom. The smallest absolute Gasteiger partial charge is 0.251 e. The number of benzene rings is 3. The molecule has 4 rings (SSSR count). The summed E-state index contributed by atoms with van der Waals surface area (Å²) in [5.41, 5.74) is 4.58. The van der Waals surface area contributed by atoms with Gasteiger partial charge in [0.1, 0.15) is 18.1 Å². The molecular weight excluding hydrogens is 532 g/mol. The van der Waals surface area contributed by atoms with Crippen LogP contribution in [0.4, 0.5) is 0 Å². The van der Waals surface area contributed by atoms with Crippen LogP contribution in [0.2, 0.25) is 0 Å². The Balaban J connectivity index is 1.10. The average Bonchev–Trinajstić information content (AvgIpc) is 2.98. The highest BCUT2D eigenvalue weighted by Gasteiger charge is 2.27. The van der Waals surface area contributed by atoms with E-state index in [0.29, 0.717) is 51.0 Å². The van der Waals surface area contributed by atoms with Crippen LogP contribution in [0.3, 0.4) is 0 Å². The van der Waals surface area contributed by atoms with Crippen molar-refractivity contribution in [1.29, 1.82) is 0 Å². The molecule has 1 aliphatic rings. The van der Waals surface area contributed by atoms with Crippen molar-refractivity contribution in [3.63, 3.8) is 0 Å². The van der Waals surface area contributed by atoms with E-state index in [1.54, 1.807) is 0 Å². The van der Waals surface area contributed by atoms with E-state index in [0.717, 1.165) is 41.2 Å². The maximum absolute atomic E-state index is 12.3. The fourth-order valence-corrected chi connectivity index (χ4v) is 4.52. The van der Waals surface area contributed by atoms with Gasteiger partial charge in [-0.1, -0.05) is 44.2 Å². The molecule has 3 aromatic rings. The van der Waals surface area contributed by atoms with E-state index in [-0.39, 0.29) is 5.91 Å². The number of carbonyl (C=O) groups excluding carboxylic acids is 1. The van der Waals surface area contributed by atoms with Crippen molar-refractivity contribution in [1.82, 2.24) is 10.6 Å². The molecule has 0 fully saturated rings. The van der Waals surface area contributed by atoms with Gasteiger partial charge in [-0.25, -0.2) is 0 Å². The Hall–Kier alpha value is -3.43. The molecule has 0 spiro atoms. The summed E-state index contributed by atoms with van der Waals surface area (Å²) in [5, 5.41) is 16.9. The maximum atomic E-state index is 12.3. The molecule has 0 saturated heterocycles. The third-order valence-corrected chi connectivity index (χ3v) is 6.88. The summed E-state index contributed by atoms with van der Waals surface area (Å²) in [5.74, 6) is 1.31. The number of fused-ring (bicyclic) bond motifs is 1. The third-order valence-electron chi connectivity index (χ3n) is 6.88. The summed E-state index contributed by atoms with van der Waals surface area (Å²) in [4.78, 5) is 12.3. The number of carbonyl (C=O) groups is 1. The van der Waals surface area contributed by atoms with Gasteiger partial charge >= 0.3 is 0 Å². The second-order valence-electron chi connectivity index (χ2n) is 11.5. The van der Waals surface area contributed by atoms with Crippen molar-refractivity contribution >= 4 is 5.91 Å². The molecule has 8 heteroatoms. The molecule has 42 heavy (non-hydrogen) atoms. The molecular formula is C34H44N2O6. The Morgan fingerprint density at radius 1 is 1.00 bits per heavy atom. The predicted octanol–water partition coefficient (Wildman–Crippen LogP) is 5.18. The van der Waals surface area contributed by atoms with E-state index in [9.17, 15) is 9.90 Å². The molecule has 1 heterocycles. The lowest BCUT2D eigenvalue weighted by Crippen LogP contribution is -2.35. The van der Waals surface area contributed by atoms with E-state index >= 15 is 0 Å². The van der Waals surface area contributed by atoms with E-state index in [1.807, 2.05) is 68.4 Å². The number of rotatable bonds is 15. The summed E-state index contributed by atoms with van der Waals surface area (Å²) in [6, 6.07) is 21.3. The van der Waals surface area contributed by atoms with Crippen LogP contribution in [0.1, 0.15) is 66.4 Å². The Bertz CT molecular complexity index is 1290. The molecule has 0 bridgehead atoms. The lowest BCUT2D eigenvalue weighted by atomic mass is 10.0. The lowest BCUT2D eigenvalue weighted by molar-refractivity contribution is -0.180. The summed E-state index contributed by atoms with van der Waals surface area (Å²) in [7, 11) is 0. The first-order valence-corrected chi connectivity index (χ1v) is 14.7. The fraction of sp³-hybridized carbons (Fsp3) is 0.441. The summed E-state index contributed by atoms with van der Waals surface area (Å²) < 4.78 is 23.1. The minimum absolute atomic E-state index is 0.0630. The zero-order valence-electron chi connectivity index (χ0n) is 25.2. The van der Waals surface area contributed by atoms with Crippen LogP contribution >= 0.6 is 0 Å². The Labute approximate surface area is 249 Å². The van der Waals surface area contributed by atoms with Crippen LogP contribution in [0.5, 0.6) is 11.5 Å². The van der Waals surface area contributed by atoms with Gasteiger partial charge in [-0.3, -0.25) is 4.79 Å². The van der Waals surface area contributed by atoms with Gasteiger partial charge in [-0.05, 0) is 72.0 Å². The number of hydrogen-bond donors (Lipinski definition) is 3. The minimum Gasteiger partial charge on any atom is -0.491 e. The summed E-state index contributed by atoms with van der Waals surface area (Å²) in [6.45, 7) is 11.5. The SMILES string of the molecule is CC(C)CNC(=O)c1cccc(COCCOc2ccc(CCNC[C@@H](O)c3ccc4c(c3)COC(C)(C)O4)cc2)c1. The highest BCUT2D eigenvalue weighted by molar-refractivity contribution is 5.94. The van der Waals surface area contributed by atoms with Gasteiger partial charge < -0.3 is 34.7 Å². The zero-order valence-corrected chi connectivity index (χ0v) is 25.2. The van der Waals surface area contributed by atoms with Crippen LogP contribution in [-0.4, -0.2) is 49.6 Å². The van der Waals surface area contributed by atoms with Crippen LogP contribution in [-0.2, 0) is 29.1 Å². The molecule has 226 valence electrons. The molecule has 0 radical (unpaired) electrons. The summed E-state index contributed by atoms with van der Waals surface area (Å²) >= 11 is 0. The Kier molecular flexibility index (Phi) is 11.4. The topological polar surface area (TPSA) is 98.3 Å². The largest absolute Gasteiger partial charge is 0.491 e. The fourth-order valence-electron chi connectivity index (χ4n) is 4.52. The Morgan fingerprint density at radius 3 is 2.60 bits per heavy atom. The second-order valence-corrected chi connectivity index (χ2v) is 11.5. The normalized spacial score (nSPS) is 14.6. The summed E-state index contributed by atoms with van der Waals surface area (Å²) in [6.07, 6.45) is 0.229. The van der Waals surface area contributed by atoms with Gasteiger partial charge in [0, 0.05) is 38.1 Å².